The minimum Gasteiger partial charge on any atom is -0.494 e. The van der Waals surface area contributed by atoms with E-state index in [4.69, 9.17) is 4.74 Å². The lowest BCUT2D eigenvalue weighted by atomic mass is 10.2. The van der Waals surface area contributed by atoms with Crippen LogP contribution in [0.4, 0.5) is 9.52 Å². The fourth-order valence-corrected chi connectivity index (χ4v) is 2.43. The number of thiazole rings is 1. The summed E-state index contributed by atoms with van der Waals surface area (Å²) in [6, 6.07) is 4.52. The molecular formula is C15H15FN2O2S. The Morgan fingerprint density at radius 3 is 2.81 bits per heavy atom. The molecule has 21 heavy (non-hydrogen) atoms. The number of amides is 1. The van der Waals surface area contributed by atoms with Gasteiger partial charge in [-0.3, -0.25) is 9.69 Å². The van der Waals surface area contributed by atoms with E-state index in [1.807, 2.05) is 12.3 Å². The molecule has 6 heteroatoms. The van der Waals surface area contributed by atoms with Crippen LogP contribution in [0.25, 0.3) is 6.08 Å². The van der Waals surface area contributed by atoms with E-state index in [1.54, 1.807) is 19.2 Å². The van der Waals surface area contributed by atoms with Crippen molar-refractivity contribution in [2.24, 2.45) is 0 Å². The number of hydrogen-bond donors (Lipinski definition) is 0. The van der Waals surface area contributed by atoms with Gasteiger partial charge in [0.05, 0.1) is 12.8 Å². The Labute approximate surface area is 126 Å². The van der Waals surface area contributed by atoms with E-state index in [-0.39, 0.29) is 11.7 Å². The van der Waals surface area contributed by atoms with Gasteiger partial charge in [-0.05, 0) is 30.7 Å². The number of carbonyl (C=O) groups excluding carboxylic acids is 1. The number of aryl methyl sites for hydroxylation is 1. The van der Waals surface area contributed by atoms with Gasteiger partial charge in [0.25, 0.3) is 5.91 Å². The molecule has 0 aliphatic heterocycles. The van der Waals surface area contributed by atoms with Gasteiger partial charge in [0, 0.05) is 18.5 Å². The first-order valence-corrected chi connectivity index (χ1v) is 7.10. The van der Waals surface area contributed by atoms with Gasteiger partial charge >= 0.3 is 0 Å². The van der Waals surface area contributed by atoms with Crippen LogP contribution in [-0.4, -0.2) is 25.0 Å². The molecule has 1 aromatic carbocycles. The van der Waals surface area contributed by atoms with Gasteiger partial charge in [-0.15, -0.1) is 11.3 Å². The highest BCUT2D eigenvalue weighted by Gasteiger charge is 2.11. The summed E-state index contributed by atoms with van der Waals surface area (Å²) >= 11 is 1.40. The SMILES string of the molecule is COc1ccc(C=CC(=O)N(C)c2nc(C)cs2)cc1F. The quantitative estimate of drug-likeness (QED) is 0.814. The monoisotopic (exact) mass is 306 g/mol. The molecule has 0 radical (unpaired) electrons. The summed E-state index contributed by atoms with van der Waals surface area (Å²) in [6.07, 6.45) is 2.94. The molecule has 0 fully saturated rings. The second kappa shape index (κ2) is 6.49. The Hall–Kier alpha value is -2.21. The Morgan fingerprint density at radius 1 is 1.48 bits per heavy atom. The number of hydrogen-bond acceptors (Lipinski definition) is 4. The topological polar surface area (TPSA) is 42.4 Å². The number of carbonyl (C=O) groups is 1. The number of anilines is 1. The number of methoxy groups -OCH3 is 1. The van der Waals surface area contributed by atoms with Crippen LogP contribution in [0, 0.1) is 12.7 Å². The van der Waals surface area contributed by atoms with Crippen LogP contribution in [0.15, 0.2) is 29.7 Å². The highest BCUT2D eigenvalue weighted by molar-refractivity contribution is 7.14. The second-order valence-electron chi connectivity index (χ2n) is 4.40. The summed E-state index contributed by atoms with van der Waals surface area (Å²) in [7, 11) is 3.06. The molecule has 4 nitrogen and oxygen atoms in total. The van der Waals surface area contributed by atoms with Gasteiger partial charge in [-0.1, -0.05) is 6.07 Å². The van der Waals surface area contributed by atoms with Crippen LogP contribution in [0.5, 0.6) is 5.75 Å². The lowest BCUT2D eigenvalue weighted by Crippen LogP contribution is -2.23. The third-order valence-corrected chi connectivity index (χ3v) is 3.85. The van der Waals surface area contributed by atoms with E-state index in [9.17, 15) is 9.18 Å². The first kappa shape index (κ1) is 15.2. The minimum absolute atomic E-state index is 0.175. The highest BCUT2D eigenvalue weighted by Crippen LogP contribution is 2.20. The number of benzene rings is 1. The molecule has 2 aromatic rings. The summed E-state index contributed by atoms with van der Waals surface area (Å²) in [6.45, 7) is 1.87. The van der Waals surface area contributed by atoms with E-state index in [2.05, 4.69) is 4.98 Å². The van der Waals surface area contributed by atoms with Crippen LogP contribution < -0.4 is 9.64 Å². The van der Waals surface area contributed by atoms with Crippen LogP contribution in [0.2, 0.25) is 0 Å². The van der Waals surface area contributed by atoms with E-state index in [0.717, 1.165) is 5.69 Å². The molecule has 1 heterocycles. The maximum Gasteiger partial charge on any atom is 0.252 e. The molecule has 0 saturated carbocycles. The summed E-state index contributed by atoms with van der Waals surface area (Å²) in [5, 5.41) is 2.50. The smallest absolute Gasteiger partial charge is 0.252 e. The first-order valence-electron chi connectivity index (χ1n) is 6.22. The lowest BCUT2D eigenvalue weighted by Gasteiger charge is -2.10. The summed E-state index contributed by atoms with van der Waals surface area (Å²) < 4.78 is 18.4. The zero-order valence-electron chi connectivity index (χ0n) is 12.0. The second-order valence-corrected chi connectivity index (χ2v) is 5.23. The normalized spacial score (nSPS) is 10.9. The Morgan fingerprint density at radius 2 is 2.24 bits per heavy atom. The van der Waals surface area contributed by atoms with Crippen molar-refractivity contribution in [1.82, 2.24) is 4.98 Å². The van der Waals surface area contributed by atoms with Gasteiger partial charge in [0.15, 0.2) is 16.7 Å². The van der Waals surface area contributed by atoms with Gasteiger partial charge in [0.2, 0.25) is 0 Å². The third-order valence-electron chi connectivity index (χ3n) is 2.82. The number of rotatable bonds is 4. The molecule has 110 valence electrons. The number of aromatic nitrogens is 1. The molecule has 0 N–H and O–H groups in total. The zero-order chi connectivity index (χ0) is 15.4. The zero-order valence-corrected chi connectivity index (χ0v) is 12.8. The molecule has 0 saturated heterocycles. The van der Waals surface area contributed by atoms with Crippen LogP contribution in [-0.2, 0) is 4.79 Å². The van der Waals surface area contributed by atoms with E-state index < -0.39 is 5.82 Å². The van der Waals surface area contributed by atoms with E-state index in [0.29, 0.717) is 10.7 Å². The summed E-state index contributed by atoms with van der Waals surface area (Å²) in [5.41, 5.74) is 1.46. The molecule has 1 amide bonds. The third kappa shape index (κ3) is 3.66. The Kier molecular flexibility index (Phi) is 4.70. The molecular weight excluding hydrogens is 291 g/mol. The highest BCUT2D eigenvalue weighted by atomic mass is 32.1. The van der Waals surface area contributed by atoms with E-state index >= 15 is 0 Å². The molecule has 2 rings (SSSR count). The number of ether oxygens (including phenoxy) is 1. The number of halogens is 1. The standard InChI is InChI=1S/C15H15FN2O2S/c1-10-9-21-15(17-10)18(2)14(19)7-5-11-4-6-13(20-3)12(16)8-11/h4-9H,1-3H3. The predicted molar refractivity (Wildman–Crippen MR) is 82.2 cm³/mol. The van der Waals surface area contributed by atoms with Gasteiger partial charge in [-0.2, -0.15) is 0 Å². The maximum absolute atomic E-state index is 13.5. The molecule has 0 aliphatic carbocycles. The van der Waals surface area contributed by atoms with Crippen LogP contribution in [0.1, 0.15) is 11.3 Å². The first-order chi connectivity index (χ1) is 10.0. The van der Waals surface area contributed by atoms with Crippen molar-refractivity contribution in [2.75, 3.05) is 19.1 Å². The van der Waals surface area contributed by atoms with Crippen molar-refractivity contribution in [3.63, 3.8) is 0 Å². The van der Waals surface area contributed by atoms with Gasteiger partial charge < -0.3 is 4.74 Å². The molecule has 0 bridgehead atoms. The van der Waals surface area contributed by atoms with Gasteiger partial charge in [-0.25, -0.2) is 9.37 Å². The van der Waals surface area contributed by atoms with Crippen LogP contribution >= 0.6 is 11.3 Å². The average molecular weight is 306 g/mol. The minimum atomic E-state index is -0.462. The van der Waals surface area contributed by atoms with Crippen molar-refractivity contribution < 1.29 is 13.9 Å². The predicted octanol–water partition coefficient (Wildman–Crippen LogP) is 3.28. The fraction of sp³-hybridized carbons (Fsp3) is 0.200. The van der Waals surface area contributed by atoms with Crippen molar-refractivity contribution in [3.8, 4) is 5.75 Å². The number of likely N-dealkylation sites (N-methyl/N-ethyl adjacent to an activating group) is 1. The largest absolute Gasteiger partial charge is 0.494 e. The lowest BCUT2D eigenvalue weighted by molar-refractivity contribution is -0.113. The molecule has 0 unspecified atom stereocenters. The molecule has 1 aromatic heterocycles. The maximum atomic E-state index is 13.5. The fourth-order valence-electron chi connectivity index (χ4n) is 1.66. The Balaban J connectivity index is 2.10. The summed E-state index contributed by atoms with van der Waals surface area (Å²) in [4.78, 5) is 17.7. The number of nitrogens with zero attached hydrogens (tertiary/aromatic N) is 2. The van der Waals surface area contributed by atoms with Crippen molar-refractivity contribution >= 4 is 28.5 Å². The summed E-state index contributed by atoms with van der Waals surface area (Å²) in [5.74, 6) is -0.509. The van der Waals surface area contributed by atoms with Crippen molar-refractivity contribution in [1.29, 1.82) is 0 Å². The molecule has 0 atom stereocenters. The van der Waals surface area contributed by atoms with E-state index in [1.165, 1.54) is 41.6 Å². The van der Waals surface area contributed by atoms with Crippen molar-refractivity contribution in [2.45, 2.75) is 6.92 Å². The van der Waals surface area contributed by atoms with Gasteiger partial charge in [0.1, 0.15) is 0 Å². The Bertz CT molecular complexity index is 682. The molecule has 0 aliphatic rings. The van der Waals surface area contributed by atoms with Crippen molar-refractivity contribution in [3.05, 3.63) is 46.7 Å². The van der Waals surface area contributed by atoms with Crippen LogP contribution in [0.3, 0.4) is 0 Å². The molecule has 0 spiro atoms. The average Bonchev–Trinajstić information content (AvgIpc) is 2.90.